The number of thiophene rings is 1. The van der Waals surface area contributed by atoms with Crippen molar-refractivity contribution in [1.29, 1.82) is 0 Å². The SMILES string of the molecule is O=S(=O)(Cc1ccc(F)cc1)NCCn1ccc(-c2ccsc2)n1. The van der Waals surface area contributed by atoms with E-state index in [4.69, 9.17) is 0 Å². The predicted molar refractivity (Wildman–Crippen MR) is 92.6 cm³/mol. The molecule has 1 N–H and O–H groups in total. The van der Waals surface area contributed by atoms with Crippen molar-refractivity contribution in [2.24, 2.45) is 0 Å². The highest BCUT2D eigenvalue weighted by molar-refractivity contribution is 7.88. The van der Waals surface area contributed by atoms with E-state index < -0.39 is 10.0 Å². The van der Waals surface area contributed by atoms with E-state index in [2.05, 4.69) is 9.82 Å². The molecule has 0 aliphatic rings. The Morgan fingerprint density at radius 1 is 1.17 bits per heavy atom. The molecule has 3 rings (SSSR count). The summed E-state index contributed by atoms with van der Waals surface area (Å²) in [5.41, 5.74) is 2.46. The van der Waals surface area contributed by atoms with Gasteiger partial charge in [-0.15, -0.1) is 0 Å². The first-order valence-corrected chi connectivity index (χ1v) is 9.89. The zero-order chi connectivity index (χ0) is 17.0. The number of aromatic nitrogens is 2. The number of hydrogen-bond acceptors (Lipinski definition) is 4. The Morgan fingerprint density at radius 2 is 1.96 bits per heavy atom. The fourth-order valence-corrected chi connectivity index (χ4v) is 4.00. The zero-order valence-corrected chi connectivity index (χ0v) is 14.4. The van der Waals surface area contributed by atoms with Crippen molar-refractivity contribution >= 4 is 21.4 Å². The van der Waals surface area contributed by atoms with Crippen molar-refractivity contribution in [2.45, 2.75) is 12.3 Å². The lowest BCUT2D eigenvalue weighted by molar-refractivity contribution is 0.560. The Kier molecular flexibility index (Phi) is 5.08. The monoisotopic (exact) mass is 365 g/mol. The highest BCUT2D eigenvalue weighted by Crippen LogP contribution is 2.19. The Bertz CT molecular complexity index is 888. The second-order valence-electron chi connectivity index (χ2n) is 5.26. The summed E-state index contributed by atoms with van der Waals surface area (Å²) in [4.78, 5) is 0. The maximum absolute atomic E-state index is 12.8. The molecule has 5 nitrogen and oxygen atoms in total. The molecule has 3 aromatic rings. The number of halogens is 1. The lowest BCUT2D eigenvalue weighted by Crippen LogP contribution is -2.28. The molecule has 0 spiro atoms. The normalized spacial score (nSPS) is 11.7. The fraction of sp³-hybridized carbons (Fsp3) is 0.188. The number of nitrogens with one attached hydrogen (secondary N) is 1. The molecule has 0 radical (unpaired) electrons. The maximum atomic E-state index is 12.8. The van der Waals surface area contributed by atoms with E-state index in [9.17, 15) is 12.8 Å². The Hall–Kier alpha value is -2.03. The smallest absolute Gasteiger partial charge is 0.215 e. The molecule has 8 heteroatoms. The first-order valence-electron chi connectivity index (χ1n) is 7.30. The van der Waals surface area contributed by atoms with Gasteiger partial charge < -0.3 is 0 Å². The Balaban J connectivity index is 1.53. The molecule has 0 bridgehead atoms. The topological polar surface area (TPSA) is 64.0 Å². The van der Waals surface area contributed by atoms with Crippen LogP contribution >= 0.6 is 11.3 Å². The van der Waals surface area contributed by atoms with Crippen LogP contribution in [-0.2, 0) is 22.3 Å². The van der Waals surface area contributed by atoms with Gasteiger partial charge in [0, 0.05) is 23.7 Å². The lowest BCUT2D eigenvalue weighted by Gasteiger charge is -2.07. The van der Waals surface area contributed by atoms with E-state index in [0.29, 0.717) is 12.1 Å². The van der Waals surface area contributed by atoms with Gasteiger partial charge in [-0.1, -0.05) is 12.1 Å². The number of sulfonamides is 1. The van der Waals surface area contributed by atoms with Crippen LogP contribution in [-0.4, -0.2) is 24.7 Å². The number of benzene rings is 1. The van der Waals surface area contributed by atoms with Crippen LogP contribution in [0.2, 0.25) is 0 Å². The summed E-state index contributed by atoms with van der Waals surface area (Å²) in [6.07, 6.45) is 1.82. The van der Waals surface area contributed by atoms with Gasteiger partial charge in [0.25, 0.3) is 0 Å². The van der Waals surface area contributed by atoms with Gasteiger partial charge in [0.2, 0.25) is 10.0 Å². The maximum Gasteiger partial charge on any atom is 0.215 e. The molecular weight excluding hydrogens is 349 g/mol. The van der Waals surface area contributed by atoms with Crippen LogP contribution in [0.25, 0.3) is 11.3 Å². The molecule has 2 heterocycles. The summed E-state index contributed by atoms with van der Waals surface area (Å²) in [7, 11) is -3.47. The summed E-state index contributed by atoms with van der Waals surface area (Å²) in [6, 6.07) is 9.32. The van der Waals surface area contributed by atoms with Crippen LogP contribution in [0.4, 0.5) is 4.39 Å². The van der Waals surface area contributed by atoms with Gasteiger partial charge in [0.05, 0.1) is 18.0 Å². The number of rotatable bonds is 7. The second-order valence-corrected chi connectivity index (χ2v) is 7.84. The molecule has 0 fully saturated rings. The summed E-state index contributed by atoms with van der Waals surface area (Å²) >= 11 is 1.60. The van der Waals surface area contributed by atoms with Crippen LogP contribution in [0.15, 0.2) is 53.4 Å². The van der Waals surface area contributed by atoms with Crippen LogP contribution in [0.5, 0.6) is 0 Å². The first kappa shape index (κ1) is 16.8. The molecule has 0 unspecified atom stereocenters. The van der Waals surface area contributed by atoms with Crippen LogP contribution in [0.1, 0.15) is 5.56 Å². The third-order valence-corrected chi connectivity index (χ3v) is 5.43. The molecule has 0 saturated heterocycles. The third-order valence-electron chi connectivity index (χ3n) is 3.39. The Labute approximate surface area is 143 Å². The molecule has 1 aromatic carbocycles. The molecule has 2 aromatic heterocycles. The van der Waals surface area contributed by atoms with Crippen LogP contribution in [0.3, 0.4) is 0 Å². The van der Waals surface area contributed by atoms with Crippen molar-refractivity contribution < 1.29 is 12.8 Å². The largest absolute Gasteiger partial charge is 0.271 e. The zero-order valence-electron chi connectivity index (χ0n) is 12.7. The van der Waals surface area contributed by atoms with Gasteiger partial charge in [-0.3, -0.25) is 4.68 Å². The molecule has 0 atom stereocenters. The average molecular weight is 365 g/mol. The summed E-state index contributed by atoms with van der Waals surface area (Å²) in [5, 5.41) is 8.41. The van der Waals surface area contributed by atoms with E-state index in [1.807, 2.05) is 29.1 Å². The van der Waals surface area contributed by atoms with Gasteiger partial charge in [-0.05, 0) is 35.2 Å². The van der Waals surface area contributed by atoms with Crippen LogP contribution in [0, 0.1) is 5.82 Å². The minimum absolute atomic E-state index is 0.174. The Morgan fingerprint density at radius 3 is 2.67 bits per heavy atom. The predicted octanol–water partition coefficient (Wildman–Crippen LogP) is 2.87. The highest BCUT2D eigenvalue weighted by Gasteiger charge is 2.11. The van der Waals surface area contributed by atoms with Gasteiger partial charge >= 0.3 is 0 Å². The van der Waals surface area contributed by atoms with Crippen molar-refractivity contribution in [1.82, 2.24) is 14.5 Å². The van der Waals surface area contributed by atoms with Crippen molar-refractivity contribution in [3.05, 3.63) is 64.7 Å². The van der Waals surface area contributed by atoms with Gasteiger partial charge in [-0.2, -0.15) is 16.4 Å². The van der Waals surface area contributed by atoms with E-state index in [0.717, 1.165) is 11.3 Å². The second kappa shape index (κ2) is 7.25. The third kappa shape index (κ3) is 4.50. The van der Waals surface area contributed by atoms with Crippen molar-refractivity contribution in [3.63, 3.8) is 0 Å². The molecule has 0 saturated carbocycles. The minimum atomic E-state index is -3.47. The van der Waals surface area contributed by atoms with Crippen molar-refractivity contribution in [2.75, 3.05) is 6.54 Å². The van der Waals surface area contributed by atoms with E-state index in [1.165, 1.54) is 24.3 Å². The first-order chi connectivity index (χ1) is 11.5. The van der Waals surface area contributed by atoms with Gasteiger partial charge in [-0.25, -0.2) is 17.5 Å². The van der Waals surface area contributed by atoms with Gasteiger partial charge in [0.15, 0.2) is 0 Å². The summed E-state index contributed by atoms with van der Waals surface area (Å²) in [6.45, 7) is 0.682. The van der Waals surface area contributed by atoms with Gasteiger partial charge in [0.1, 0.15) is 5.82 Å². The lowest BCUT2D eigenvalue weighted by atomic mass is 10.2. The van der Waals surface area contributed by atoms with E-state index in [-0.39, 0.29) is 18.1 Å². The average Bonchev–Trinajstić information content (AvgIpc) is 3.20. The van der Waals surface area contributed by atoms with Crippen LogP contribution < -0.4 is 4.72 Å². The summed E-state index contributed by atoms with van der Waals surface area (Å²) < 4.78 is 41.1. The molecule has 24 heavy (non-hydrogen) atoms. The molecular formula is C16H16FN3O2S2. The minimum Gasteiger partial charge on any atom is -0.271 e. The van der Waals surface area contributed by atoms with Crippen molar-refractivity contribution in [3.8, 4) is 11.3 Å². The quantitative estimate of drug-likeness (QED) is 0.700. The number of hydrogen-bond donors (Lipinski definition) is 1. The fourth-order valence-electron chi connectivity index (χ4n) is 2.22. The molecule has 0 aliphatic heterocycles. The highest BCUT2D eigenvalue weighted by atomic mass is 32.2. The summed E-state index contributed by atoms with van der Waals surface area (Å²) in [5.74, 6) is -0.559. The molecule has 126 valence electrons. The standard InChI is InChI=1S/C16H16FN3O2S2/c17-15-3-1-13(2-4-15)12-24(21,22)18-7-9-20-8-5-16(19-20)14-6-10-23-11-14/h1-6,8,10-11,18H,7,9,12H2. The van der Waals surface area contributed by atoms with E-state index in [1.54, 1.807) is 16.0 Å². The molecule has 0 aliphatic carbocycles. The number of nitrogens with zero attached hydrogens (tertiary/aromatic N) is 2. The molecule has 0 amide bonds. The van der Waals surface area contributed by atoms with E-state index >= 15 is 0 Å².